The first kappa shape index (κ1) is 15.3. The van der Waals surface area contributed by atoms with Crippen molar-refractivity contribution in [1.29, 1.82) is 0 Å². The Morgan fingerprint density at radius 1 is 1.26 bits per heavy atom. The molecule has 0 unspecified atom stereocenters. The highest BCUT2D eigenvalue weighted by molar-refractivity contribution is 5.96. The van der Waals surface area contributed by atoms with Gasteiger partial charge in [0.2, 0.25) is 0 Å². The van der Waals surface area contributed by atoms with Crippen LogP contribution in [0.15, 0.2) is 23.5 Å². The Bertz CT molecular complexity index is 402. The van der Waals surface area contributed by atoms with Crippen LogP contribution in [0.5, 0.6) is 0 Å². The number of rotatable bonds is 6. The first-order valence-corrected chi connectivity index (χ1v) is 6.63. The molecule has 0 aliphatic heterocycles. The lowest BCUT2D eigenvalue weighted by molar-refractivity contribution is 0.318. The van der Waals surface area contributed by atoms with Crippen LogP contribution in [0.25, 0.3) is 0 Å². The lowest BCUT2D eigenvalue weighted by atomic mass is 10.1. The molecule has 0 aliphatic carbocycles. The number of oxime groups is 1. The van der Waals surface area contributed by atoms with E-state index >= 15 is 0 Å². The van der Waals surface area contributed by atoms with Crippen LogP contribution in [0.1, 0.15) is 33.3 Å². The van der Waals surface area contributed by atoms with Crippen LogP contribution < -0.4 is 10.6 Å². The maximum absolute atomic E-state index is 8.63. The summed E-state index contributed by atoms with van der Waals surface area (Å²) in [6.45, 7) is 10.7. The number of hydrogen-bond donors (Lipinski definition) is 2. The van der Waals surface area contributed by atoms with Gasteiger partial charge in [-0.1, -0.05) is 32.9 Å². The molecule has 106 valence electrons. The van der Waals surface area contributed by atoms with E-state index in [0.29, 0.717) is 17.4 Å². The summed E-state index contributed by atoms with van der Waals surface area (Å²) in [5.41, 5.74) is 6.15. The summed E-state index contributed by atoms with van der Waals surface area (Å²) in [6.07, 6.45) is 1.64. The molecule has 0 radical (unpaired) electrons. The van der Waals surface area contributed by atoms with Crippen molar-refractivity contribution in [3.8, 4) is 0 Å². The molecule has 3 N–H and O–H groups in total. The Kier molecular flexibility index (Phi) is 5.60. The zero-order chi connectivity index (χ0) is 14.4. The van der Waals surface area contributed by atoms with Crippen molar-refractivity contribution in [3.63, 3.8) is 0 Å². The fraction of sp³-hybridized carbons (Fsp3) is 0.571. The maximum atomic E-state index is 8.63. The molecule has 1 rings (SSSR count). The van der Waals surface area contributed by atoms with Crippen molar-refractivity contribution in [2.45, 2.75) is 27.7 Å². The maximum Gasteiger partial charge on any atom is 0.171 e. The van der Waals surface area contributed by atoms with Gasteiger partial charge in [0.25, 0.3) is 0 Å². The molecule has 19 heavy (non-hydrogen) atoms. The van der Waals surface area contributed by atoms with Crippen LogP contribution in [0, 0.1) is 11.8 Å². The summed E-state index contributed by atoms with van der Waals surface area (Å²) >= 11 is 0. The minimum atomic E-state index is 0.0818. The van der Waals surface area contributed by atoms with Gasteiger partial charge >= 0.3 is 0 Å². The van der Waals surface area contributed by atoms with Gasteiger partial charge in [0.15, 0.2) is 5.84 Å². The number of aromatic nitrogens is 1. The van der Waals surface area contributed by atoms with Gasteiger partial charge in [0.05, 0.1) is 0 Å². The number of pyridine rings is 1. The molecule has 5 heteroatoms. The molecule has 5 nitrogen and oxygen atoms in total. The Hall–Kier alpha value is -1.78. The zero-order valence-electron chi connectivity index (χ0n) is 12.2. The number of anilines is 1. The molecule has 0 aliphatic rings. The van der Waals surface area contributed by atoms with Gasteiger partial charge < -0.3 is 15.8 Å². The van der Waals surface area contributed by atoms with E-state index in [0.717, 1.165) is 18.9 Å². The molecule has 0 spiro atoms. The normalized spacial score (nSPS) is 12.2. The average Bonchev–Trinajstić information content (AvgIpc) is 2.36. The molecular weight excluding hydrogens is 240 g/mol. The third kappa shape index (κ3) is 4.77. The van der Waals surface area contributed by atoms with Gasteiger partial charge in [-0.2, -0.15) is 0 Å². The molecule has 0 bridgehead atoms. The predicted octanol–water partition coefficient (Wildman–Crippen LogP) is 2.29. The lowest BCUT2D eigenvalue weighted by Crippen LogP contribution is -2.32. The van der Waals surface area contributed by atoms with Gasteiger partial charge in [0.1, 0.15) is 5.82 Å². The lowest BCUT2D eigenvalue weighted by Gasteiger charge is -2.27. The van der Waals surface area contributed by atoms with E-state index in [9.17, 15) is 0 Å². The van der Waals surface area contributed by atoms with Crippen LogP contribution in [0.3, 0.4) is 0 Å². The van der Waals surface area contributed by atoms with E-state index in [1.54, 1.807) is 6.20 Å². The van der Waals surface area contributed by atoms with Crippen LogP contribution in [-0.4, -0.2) is 29.1 Å². The molecule has 0 amide bonds. The number of hydrogen-bond acceptors (Lipinski definition) is 4. The molecule has 1 heterocycles. The Morgan fingerprint density at radius 3 is 2.21 bits per heavy atom. The van der Waals surface area contributed by atoms with E-state index in [1.165, 1.54) is 0 Å². The summed E-state index contributed by atoms with van der Waals surface area (Å²) < 4.78 is 0. The van der Waals surface area contributed by atoms with E-state index in [2.05, 4.69) is 42.7 Å². The molecule has 0 saturated heterocycles. The molecule has 0 fully saturated rings. The molecule has 1 aromatic heterocycles. The second-order valence-electron chi connectivity index (χ2n) is 5.58. The second-order valence-corrected chi connectivity index (χ2v) is 5.58. The minimum Gasteiger partial charge on any atom is -0.409 e. The third-order valence-corrected chi connectivity index (χ3v) is 2.65. The Balaban J connectivity index is 2.90. The molecule has 0 atom stereocenters. The second kappa shape index (κ2) is 6.97. The molecular formula is C14H24N4O. The van der Waals surface area contributed by atoms with Gasteiger partial charge in [-0.3, -0.25) is 0 Å². The summed E-state index contributed by atoms with van der Waals surface area (Å²) in [6, 6.07) is 3.74. The van der Waals surface area contributed by atoms with Crippen LogP contribution in [0.2, 0.25) is 0 Å². The SMILES string of the molecule is CC(C)CN(CC(C)C)c1ccc(/C(N)=N/O)cn1. The van der Waals surface area contributed by atoms with Crippen molar-refractivity contribution in [2.75, 3.05) is 18.0 Å². The van der Waals surface area contributed by atoms with Crippen LogP contribution >= 0.6 is 0 Å². The highest BCUT2D eigenvalue weighted by atomic mass is 16.4. The van der Waals surface area contributed by atoms with Crippen molar-refractivity contribution in [1.82, 2.24) is 4.98 Å². The monoisotopic (exact) mass is 264 g/mol. The first-order chi connectivity index (χ1) is 8.93. The molecule has 0 aromatic carbocycles. The Morgan fingerprint density at radius 2 is 1.84 bits per heavy atom. The third-order valence-electron chi connectivity index (χ3n) is 2.65. The smallest absolute Gasteiger partial charge is 0.171 e. The van der Waals surface area contributed by atoms with Gasteiger partial charge in [-0.25, -0.2) is 4.98 Å². The van der Waals surface area contributed by atoms with Crippen molar-refractivity contribution < 1.29 is 5.21 Å². The largest absolute Gasteiger partial charge is 0.409 e. The quantitative estimate of drug-likeness (QED) is 0.358. The highest BCUT2D eigenvalue weighted by Gasteiger charge is 2.12. The van der Waals surface area contributed by atoms with Crippen LogP contribution in [0.4, 0.5) is 5.82 Å². The Labute approximate surface area is 115 Å². The molecule has 1 aromatic rings. The summed E-state index contributed by atoms with van der Waals surface area (Å²) in [5.74, 6) is 2.16. The van der Waals surface area contributed by atoms with E-state index in [1.807, 2.05) is 12.1 Å². The topological polar surface area (TPSA) is 74.7 Å². The van der Waals surface area contributed by atoms with E-state index in [-0.39, 0.29) is 5.84 Å². The average molecular weight is 264 g/mol. The van der Waals surface area contributed by atoms with E-state index in [4.69, 9.17) is 10.9 Å². The fourth-order valence-corrected chi connectivity index (χ4v) is 1.93. The van der Waals surface area contributed by atoms with Crippen molar-refractivity contribution >= 4 is 11.7 Å². The van der Waals surface area contributed by atoms with Gasteiger partial charge in [0, 0.05) is 24.8 Å². The number of nitrogens with two attached hydrogens (primary N) is 1. The zero-order valence-corrected chi connectivity index (χ0v) is 12.2. The standard InChI is InChI=1S/C14H24N4O/c1-10(2)8-18(9-11(3)4)13-6-5-12(7-16-13)14(15)17-19/h5-7,10-11,19H,8-9H2,1-4H3,(H2,15,17). The van der Waals surface area contributed by atoms with Crippen molar-refractivity contribution in [2.24, 2.45) is 22.7 Å². The van der Waals surface area contributed by atoms with Crippen LogP contribution in [-0.2, 0) is 0 Å². The van der Waals surface area contributed by atoms with E-state index < -0.39 is 0 Å². The summed E-state index contributed by atoms with van der Waals surface area (Å²) in [7, 11) is 0. The first-order valence-electron chi connectivity index (χ1n) is 6.63. The summed E-state index contributed by atoms with van der Waals surface area (Å²) in [5, 5.41) is 11.6. The number of amidine groups is 1. The molecule has 0 saturated carbocycles. The highest BCUT2D eigenvalue weighted by Crippen LogP contribution is 2.15. The van der Waals surface area contributed by atoms with Gasteiger partial charge in [-0.05, 0) is 24.0 Å². The fourth-order valence-electron chi connectivity index (χ4n) is 1.93. The number of nitrogens with zero attached hydrogens (tertiary/aromatic N) is 3. The van der Waals surface area contributed by atoms with Gasteiger partial charge in [-0.15, -0.1) is 0 Å². The van der Waals surface area contributed by atoms with Crippen molar-refractivity contribution in [3.05, 3.63) is 23.9 Å². The minimum absolute atomic E-state index is 0.0818. The predicted molar refractivity (Wildman–Crippen MR) is 78.6 cm³/mol. The summed E-state index contributed by atoms with van der Waals surface area (Å²) in [4.78, 5) is 6.68.